The summed E-state index contributed by atoms with van der Waals surface area (Å²) in [7, 11) is -1.96. The number of amides is 2. The molecule has 0 aliphatic carbocycles. The van der Waals surface area contributed by atoms with Crippen molar-refractivity contribution in [2.75, 3.05) is 17.1 Å². The maximum absolute atomic E-state index is 12.6. The Hall–Kier alpha value is -2.67. The van der Waals surface area contributed by atoms with E-state index in [0.717, 1.165) is 9.87 Å². The van der Waals surface area contributed by atoms with Gasteiger partial charge < -0.3 is 4.90 Å². The molecule has 1 saturated heterocycles. The first-order valence-corrected chi connectivity index (χ1v) is 9.45. The molecule has 25 heavy (non-hydrogen) atoms. The van der Waals surface area contributed by atoms with Gasteiger partial charge in [0.05, 0.1) is 11.4 Å². The first kappa shape index (κ1) is 17.2. The molecular formula is C18H18N2O4S. The van der Waals surface area contributed by atoms with Gasteiger partial charge in [-0.2, -0.15) is 0 Å². The Balaban J connectivity index is 1.84. The average molecular weight is 358 g/mol. The second-order valence-electron chi connectivity index (χ2n) is 5.92. The van der Waals surface area contributed by atoms with E-state index in [1.165, 1.54) is 12.1 Å². The number of hydrogen-bond donors (Lipinski definition) is 0. The first-order chi connectivity index (χ1) is 11.9. The third kappa shape index (κ3) is 3.56. The lowest BCUT2D eigenvalue weighted by Gasteiger charge is -2.19. The van der Waals surface area contributed by atoms with Crippen molar-refractivity contribution < 1.29 is 18.0 Å². The van der Waals surface area contributed by atoms with Crippen LogP contribution in [-0.2, 0) is 21.4 Å². The molecule has 0 saturated carbocycles. The van der Waals surface area contributed by atoms with Crippen molar-refractivity contribution in [3.05, 3.63) is 65.7 Å². The molecule has 7 heteroatoms. The summed E-state index contributed by atoms with van der Waals surface area (Å²) in [5, 5.41) is 0. The lowest BCUT2D eigenvalue weighted by molar-refractivity contribution is -0.116. The molecule has 2 aromatic carbocycles. The molecule has 0 spiro atoms. The van der Waals surface area contributed by atoms with E-state index in [2.05, 4.69) is 0 Å². The van der Waals surface area contributed by atoms with Crippen LogP contribution in [0.15, 0.2) is 54.6 Å². The summed E-state index contributed by atoms with van der Waals surface area (Å²) in [5.74, 6) is -0.908. The molecule has 6 nitrogen and oxygen atoms in total. The molecular weight excluding hydrogens is 340 g/mol. The number of hydrogen-bond acceptors (Lipinski definition) is 4. The molecule has 2 aromatic rings. The summed E-state index contributed by atoms with van der Waals surface area (Å²) in [4.78, 5) is 26.1. The van der Waals surface area contributed by atoms with Crippen LogP contribution in [0, 0.1) is 0 Å². The number of anilines is 1. The molecule has 1 aliphatic rings. The minimum absolute atomic E-state index is 0.0333. The maximum atomic E-state index is 12.6. The standard InChI is InChI=1S/C18H18N2O4S/c1-19(13-14-6-3-2-4-7-14)18(22)15-8-5-9-16(12-15)20-17(21)10-11-25(20,23)24/h2-9,12H,10-11,13H2,1H3. The van der Waals surface area contributed by atoms with Gasteiger partial charge in [-0.05, 0) is 23.8 Å². The van der Waals surface area contributed by atoms with Crippen LogP contribution < -0.4 is 4.31 Å². The van der Waals surface area contributed by atoms with Gasteiger partial charge in [-0.3, -0.25) is 9.59 Å². The maximum Gasteiger partial charge on any atom is 0.253 e. The zero-order valence-electron chi connectivity index (χ0n) is 13.8. The molecule has 2 amide bonds. The summed E-state index contributed by atoms with van der Waals surface area (Å²) < 4.78 is 24.9. The van der Waals surface area contributed by atoms with Crippen molar-refractivity contribution in [1.82, 2.24) is 4.90 Å². The van der Waals surface area contributed by atoms with E-state index in [4.69, 9.17) is 0 Å². The Kier molecular flexibility index (Phi) is 4.59. The van der Waals surface area contributed by atoms with Gasteiger partial charge in [0.1, 0.15) is 0 Å². The molecule has 0 N–H and O–H groups in total. The van der Waals surface area contributed by atoms with Crippen molar-refractivity contribution in [3.8, 4) is 0 Å². The van der Waals surface area contributed by atoms with E-state index in [-0.39, 0.29) is 23.8 Å². The van der Waals surface area contributed by atoms with Crippen LogP contribution in [0.3, 0.4) is 0 Å². The van der Waals surface area contributed by atoms with Crippen molar-refractivity contribution in [3.63, 3.8) is 0 Å². The molecule has 130 valence electrons. The van der Waals surface area contributed by atoms with Gasteiger partial charge in [0.25, 0.3) is 5.91 Å². The van der Waals surface area contributed by atoms with Crippen molar-refractivity contribution in [2.45, 2.75) is 13.0 Å². The van der Waals surface area contributed by atoms with Crippen LogP contribution in [-0.4, -0.2) is 37.9 Å². The summed E-state index contributed by atoms with van der Waals surface area (Å²) in [6.07, 6.45) is -0.0333. The summed E-state index contributed by atoms with van der Waals surface area (Å²) in [6, 6.07) is 15.7. The fourth-order valence-corrected chi connectivity index (χ4v) is 4.24. The Bertz CT molecular complexity index is 910. The number of rotatable bonds is 4. The van der Waals surface area contributed by atoms with Crippen LogP contribution >= 0.6 is 0 Å². The van der Waals surface area contributed by atoms with Gasteiger partial charge in [-0.1, -0.05) is 36.4 Å². The highest BCUT2D eigenvalue weighted by atomic mass is 32.2. The zero-order chi connectivity index (χ0) is 18.0. The smallest absolute Gasteiger partial charge is 0.253 e. The topological polar surface area (TPSA) is 74.8 Å². The zero-order valence-corrected chi connectivity index (χ0v) is 14.6. The third-order valence-corrected chi connectivity index (χ3v) is 5.71. The van der Waals surface area contributed by atoms with E-state index < -0.39 is 15.9 Å². The Labute approximate surface area is 146 Å². The summed E-state index contributed by atoms with van der Waals surface area (Å²) in [6.45, 7) is 0.435. The molecule has 3 rings (SSSR count). The highest BCUT2D eigenvalue weighted by Crippen LogP contribution is 2.26. The fourth-order valence-electron chi connectivity index (χ4n) is 2.78. The quantitative estimate of drug-likeness (QED) is 0.838. The van der Waals surface area contributed by atoms with Gasteiger partial charge in [0, 0.05) is 25.6 Å². The minimum Gasteiger partial charge on any atom is -0.337 e. The van der Waals surface area contributed by atoms with Gasteiger partial charge in [-0.15, -0.1) is 0 Å². The van der Waals surface area contributed by atoms with E-state index >= 15 is 0 Å². The van der Waals surface area contributed by atoms with Gasteiger partial charge in [0.15, 0.2) is 0 Å². The van der Waals surface area contributed by atoms with E-state index in [9.17, 15) is 18.0 Å². The van der Waals surface area contributed by atoms with Crippen LogP contribution in [0.25, 0.3) is 0 Å². The molecule has 1 aliphatic heterocycles. The predicted octanol–water partition coefficient (Wildman–Crippen LogP) is 2.03. The Morgan fingerprint density at radius 3 is 2.48 bits per heavy atom. The molecule has 0 bridgehead atoms. The number of benzene rings is 2. The van der Waals surface area contributed by atoms with Crippen LogP contribution in [0.1, 0.15) is 22.3 Å². The monoisotopic (exact) mass is 358 g/mol. The van der Waals surface area contributed by atoms with E-state index in [1.807, 2.05) is 30.3 Å². The number of carbonyl (C=O) groups is 2. The number of carbonyl (C=O) groups excluding carboxylic acids is 2. The molecule has 0 radical (unpaired) electrons. The second-order valence-corrected chi connectivity index (χ2v) is 7.86. The van der Waals surface area contributed by atoms with Gasteiger partial charge in [-0.25, -0.2) is 12.7 Å². The van der Waals surface area contributed by atoms with Crippen molar-refractivity contribution in [2.24, 2.45) is 0 Å². The highest BCUT2D eigenvalue weighted by Gasteiger charge is 2.36. The van der Waals surface area contributed by atoms with Crippen LogP contribution in [0.4, 0.5) is 5.69 Å². The van der Waals surface area contributed by atoms with Crippen molar-refractivity contribution >= 4 is 27.5 Å². The molecule has 1 fully saturated rings. The van der Waals surface area contributed by atoms with Gasteiger partial charge >= 0.3 is 0 Å². The Morgan fingerprint density at radius 2 is 1.84 bits per heavy atom. The largest absolute Gasteiger partial charge is 0.337 e. The lowest BCUT2D eigenvalue weighted by Crippen LogP contribution is -2.30. The summed E-state index contributed by atoms with van der Waals surface area (Å²) in [5.41, 5.74) is 1.54. The molecule has 0 aromatic heterocycles. The second kappa shape index (κ2) is 6.68. The lowest BCUT2D eigenvalue weighted by atomic mass is 10.1. The predicted molar refractivity (Wildman–Crippen MR) is 94.6 cm³/mol. The molecule has 1 heterocycles. The molecule has 0 unspecified atom stereocenters. The fraction of sp³-hybridized carbons (Fsp3) is 0.222. The third-order valence-electron chi connectivity index (χ3n) is 4.02. The van der Waals surface area contributed by atoms with E-state index in [0.29, 0.717) is 12.1 Å². The SMILES string of the molecule is CN(Cc1ccccc1)C(=O)c1cccc(N2C(=O)CCS2(=O)=O)c1. The highest BCUT2D eigenvalue weighted by molar-refractivity contribution is 7.94. The summed E-state index contributed by atoms with van der Waals surface area (Å²) >= 11 is 0. The van der Waals surface area contributed by atoms with Gasteiger partial charge in [0.2, 0.25) is 15.9 Å². The normalized spacial score (nSPS) is 16.0. The average Bonchev–Trinajstić information content (AvgIpc) is 2.88. The number of sulfonamides is 1. The van der Waals surface area contributed by atoms with Crippen LogP contribution in [0.2, 0.25) is 0 Å². The minimum atomic E-state index is -3.64. The first-order valence-electron chi connectivity index (χ1n) is 7.84. The number of nitrogens with zero attached hydrogens (tertiary/aromatic N) is 2. The van der Waals surface area contributed by atoms with Crippen LogP contribution in [0.5, 0.6) is 0 Å². The van der Waals surface area contributed by atoms with E-state index in [1.54, 1.807) is 24.1 Å². The van der Waals surface area contributed by atoms with Crippen molar-refractivity contribution in [1.29, 1.82) is 0 Å². The molecule has 0 atom stereocenters. The Morgan fingerprint density at radius 1 is 1.12 bits per heavy atom.